The van der Waals surface area contributed by atoms with E-state index in [1.54, 1.807) is 0 Å². The van der Waals surface area contributed by atoms with E-state index >= 15 is 0 Å². The van der Waals surface area contributed by atoms with Gasteiger partial charge < -0.3 is 19.8 Å². The fraction of sp³-hybridized carbons (Fsp3) is 0.950. The number of nitrogens with zero attached hydrogens (tertiary/aromatic N) is 1. The molecule has 5 nitrogen and oxygen atoms in total. The second kappa shape index (κ2) is 6.50. The lowest BCUT2D eigenvalue weighted by Crippen LogP contribution is -2.41. The summed E-state index contributed by atoms with van der Waals surface area (Å²) in [6.07, 6.45) is 4.83. The number of ether oxygens (including phenoxy) is 1. The third-order valence-corrected chi connectivity index (χ3v) is 7.76. The second-order valence-electron chi connectivity index (χ2n) is 9.37. The van der Waals surface area contributed by atoms with Gasteiger partial charge in [0.2, 0.25) is 0 Å². The summed E-state index contributed by atoms with van der Waals surface area (Å²) in [5, 5.41) is 21.2. The normalized spacial score (nSPS) is 50.9. The van der Waals surface area contributed by atoms with Crippen LogP contribution in [0, 0.1) is 29.1 Å². The Balaban J connectivity index is 1.57. The van der Waals surface area contributed by atoms with Gasteiger partial charge in [0.05, 0.1) is 18.1 Å². The van der Waals surface area contributed by atoms with E-state index in [1.165, 1.54) is 19.3 Å². The van der Waals surface area contributed by atoms with Crippen molar-refractivity contribution in [2.24, 2.45) is 29.1 Å². The molecule has 4 fully saturated rings. The molecule has 2 aliphatic heterocycles. The minimum absolute atomic E-state index is 0.0390. The quantitative estimate of drug-likeness (QED) is 0.743. The van der Waals surface area contributed by atoms with E-state index in [-0.39, 0.29) is 41.2 Å². The van der Waals surface area contributed by atoms with Crippen molar-refractivity contribution >= 4 is 5.97 Å². The van der Waals surface area contributed by atoms with Crippen LogP contribution < -0.4 is 0 Å². The van der Waals surface area contributed by atoms with Gasteiger partial charge in [-0.15, -0.1) is 0 Å². The average Bonchev–Trinajstić information content (AvgIpc) is 2.91. The summed E-state index contributed by atoms with van der Waals surface area (Å²) >= 11 is 0. The number of carbonyl (C=O) groups excluding carboxylic acids is 1. The molecule has 4 aliphatic rings. The first kappa shape index (κ1) is 17.7. The van der Waals surface area contributed by atoms with Gasteiger partial charge >= 0.3 is 5.97 Å². The Kier molecular flexibility index (Phi) is 4.62. The van der Waals surface area contributed by atoms with E-state index in [0.29, 0.717) is 6.42 Å². The van der Waals surface area contributed by atoms with Crippen molar-refractivity contribution in [1.82, 2.24) is 4.90 Å². The van der Waals surface area contributed by atoms with Crippen molar-refractivity contribution in [1.29, 1.82) is 0 Å². The molecule has 2 aliphatic carbocycles. The maximum Gasteiger partial charge on any atom is 0.310 e. The van der Waals surface area contributed by atoms with Crippen molar-refractivity contribution in [3.63, 3.8) is 0 Å². The van der Waals surface area contributed by atoms with Crippen molar-refractivity contribution < 1.29 is 19.7 Å². The predicted molar refractivity (Wildman–Crippen MR) is 93.8 cm³/mol. The number of aliphatic hydroxyl groups is 2. The maximum absolute atomic E-state index is 12.6. The van der Waals surface area contributed by atoms with Gasteiger partial charge in [-0.2, -0.15) is 0 Å². The highest BCUT2D eigenvalue weighted by Gasteiger charge is 2.60. The lowest BCUT2D eigenvalue weighted by molar-refractivity contribution is -0.145. The van der Waals surface area contributed by atoms with Gasteiger partial charge in [-0.1, -0.05) is 20.3 Å². The minimum Gasteiger partial charge on any atom is -0.462 e. The van der Waals surface area contributed by atoms with E-state index in [1.807, 2.05) is 0 Å². The molecule has 2 heterocycles. The first-order valence-electron chi connectivity index (χ1n) is 10.2. The van der Waals surface area contributed by atoms with Crippen molar-refractivity contribution in [3.05, 3.63) is 0 Å². The monoisotopic (exact) mass is 351 g/mol. The van der Waals surface area contributed by atoms with Crippen molar-refractivity contribution in [2.45, 2.75) is 70.7 Å². The van der Waals surface area contributed by atoms with Crippen LogP contribution in [-0.4, -0.2) is 59.0 Å². The molecule has 0 aromatic rings. The molecule has 0 bridgehead atoms. The Labute approximate surface area is 150 Å². The summed E-state index contributed by atoms with van der Waals surface area (Å²) in [5.41, 5.74) is -0.313. The van der Waals surface area contributed by atoms with Gasteiger partial charge in [0.1, 0.15) is 6.10 Å². The Morgan fingerprint density at radius 1 is 1.20 bits per heavy atom. The number of hydrogen-bond acceptors (Lipinski definition) is 5. The maximum atomic E-state index is 12.6. The average molecular weight is 351 g/mol. The predicted octanol–water partition coefficient (Wildman–Crippen LogP) is 1.81. The second-order valence-corrected chi connectivity index (χ2v) is 9.37. The zero-order valence-corrected chi connectivity index (χ0v) is 15.6. The van der Waals surface area contributed by atoms with Crippen LogP contribution >= 0.6 is 0 Å². The van der Waals surface area contributed by atoms with Crippen LogP contribution in [0.4, 0.5) is 0 Å². The molecule has 2 saturated heterocycles. The van der Waals surface area contributed by atoms with Gasteiger partial charge in [-0.05, 0) is 56.0 Å². The smallest absolute Gasteiger partial charge is 0.310 e. The number of carbonyl (C=O) groups is 1. The highest BCUT2D eigenvalue weighted by Crippen LogP contribution is 2.57. The molecule has 0 spiro atoms. The van der Waals surface area contributed by atoms with E-state index in [4.69, 9.17) is 4.74 Å². The zero-order chi connectivity index (χ0) is 17.8. The van der Waals surface area contributed by atoms with E-state index in [0.717, 1.165) is 32.5 Å². The number of likely N-dealkylation sites (tertiary alicyclic amines) is 1. The number of esters is 1. The van der Waals surface area contributed by atoms with Gasteiger partial charge in [-0.25, -0.2) is 0 Å². The van der Waals surface area contributed by atoms with Crippen LogP contribution in [0.5, 0.6) is 0 Å². The summed E-state index contributed by atoms with van der Waals surface area (Å²) in [5.74, 6) is 0.418. The molecule has 2 N–H and O–H groups in total. The van der Waals surface area contributed by atoms with Gasteiger partial charge in [0, 0.05) is 18.9 Å². The Morgan fingerprint density at radius 2 is 1.92 bits per heavy atom. The van der Waals surface area contributed by atoms with Crippen LogP contribution in [0.15, 0.2) is 0 Å². The number of hydrogen-bond donors (Lipinski definition) is 2. The minimum atomic E-state index is -0.486. The molecule has 0 unspecified atom stereocenters. The first-order valence-corrected chi connectivity index (χ1v) is 10.2. The molecule has 5 heteroatoms. The van der Waals surface area contributed by atoms with Gasteiger partial charge in [0.15, 0.2) is 0 Å². The molecular formula is C20H33NO4. The number of rotatable bonds is 2. The third kappa shape index (κ3) is 2.92. The lowest BCUT2D eigenvalue weighted by Gasteiger charge is -2.38. The summed E-state index contributed by atoms with van der Waals surface area (Å²) in [6.45, 7) is 7.24. The Morgan fingerprint density at radius 3 is 2.64 bits per heavy atom. The van der Waals surface area contributed by atoms with Gasteiger partial charge in [0.25, 0.3) is 0 Å². The highest BCUT2D eigenvalue weighted by atomic mass is 16.6. The largest absolute Gasteiger partial charge is 0.462 e. The number of aliphatic hydroxyl groups excluding tert-OH is 2. The zero-order valence-electron chi connectivity index (χ0n) is 15.6. The van der Waals surface area contributed by atoms with Gasteiger partial charge in [-0.3, -0.25) is 4.79 Å². The molecule has 25 heavy (non-hydrogen) atoms. The summed E-state index contributed by atoms with van der Waals surface area (Å²) < 4.78 is 5.82. The molecule has 4 rings (SSSR count). The SMILES string of the molecule is C[C@@H]1C[C@H]2OC(=O)[C@@H](CN3CCCCC3)[C@H]2C[C@@]2(C)[C@H]1[C@@H](O)C[C@H]2O. The standard InChI is InChI=1S/C20H33NO4/c1-12-8-16-13(10-20(2)17(23)9-15(22)18(12)20)14(19(24)25-16)11-21-6-4-3-5-7-21/h12-18,22-23H,3-11H2,1-2H3/t12-,13-,14+,15+,16-,17-,18-,20-/m1/s1. The molecule has 142 valence electrons. The summed E-state index contributed by atoms with van der Waals surface area (Å²) in [4.78, 5) is 15.0. The van der Waals surface area contributed by atoms with Crippen LogP contribution in [0.25, 0.3) is 0 Å². The molecule has 0 aromatic carbocycles. The van der Waals surface area contributed by atoms with Crippen LogP contribution in [0.2, 0.25) is 0 Å². The molecule has 2 saturated carbocycles. The molecule has 8 atom stereocenters. The fourth-order valence-electron chi connectivity index (χ4n) is 6.51. The van der Waals surface area contributed by atoms with Crippen LogP contribution in [0.3, 0.4) is 0 Å². The van der Waals surface area contributed by atoms with Crippen molar-refractivity contribution in [3.8, 4) is 0 Å². The highest BCUT2D eigenvalue weighted by molar-refractivity contribution is 5.75. The topological polar surface area (TPSA) is 70.0 Å². The van der Waals surface area contributed by atoms with E-state index < -0.39 is 12.2 Å². The van der Waals surface area contributed by atoms with Crippen LogP contribution in [0.1, 0.15) is 52.4 Å². The summed E-state index contributed by atoms with van der Waals surface area (Å²) in [7, 11) is 0. The number of fused-ring (bicyclic) bond motifs is 2. The molecule has 0 amide bonds. The van der Waals surface area contributed by atoms with Crippen LogP contribution in [-0.2, 0) is 9.53 Å². The summed E-state index contributed by atoms with van der Waals surface area (Å²) in [6, 6.07) is 0. The van der Waals surface area contributed by atoms with Crippen molar-refractivity contribution in [2.75, 3.05) is 19.6 Å². The lowest BCUT2D eigenvalue weighted by atomic mass is 9.68. The molecular weight excluding hydrogens is 318 g/mol. The van der Waals surface area contributed by atoms with E-state index in [2.05, 4.69) is 18.7 Å². The molecule has 0 aromatic heterocycles. The Bertz CT molecular complexity index is 520. The molecule has 0 radical (unpaired) electrons. The first-order chi connectivity index (χ1) is 11.9. The fourth-order valence-corrected chi connectivity index (χ4v) is 6.51. The van der Waals surface area contributed by atoms with E-state index in [9.17, 15) is 15.0 Å². The third-order valence-electron chi connectivity index (χ3n) is 7.76. The number of piperidine rings is 1. The Hall–Kier alpha value is -0.650.